The Morgan fingerprint density at radius 1 is 1.09 bits per heavy atom. The molecule has 0 radical (unpaired) electrons. The maximum Gasteiger partial charge on any atom is 0.271 e. The molecule has 1 aromatic heterocycles. The normalized spacial score (nSPS) is 10.6. The molecule has 0 spiro atoms. The van der Waals surface area contributed by atoms with Crippen molar-refractivity contribution < 1.29 is 4.79 Å². The van der Waals surface area contributed by atoms with Crippen LogP contribution < -0.4 is 10.6 Å². The first-order chi connectivity index (χ1) is 11.1. The zero-order valence-electron chi connectivity index (χ0n) is 13.6. The Kier molecular flexibility index (Phi) is 6.50. The molecule has 1 heterocycles. The molecule has 0 bridgehead atoms. The highest BCUT2D eigenvalue weighted by Crippen LogP contribution is 2.02. The summed E-state index contributed by atoms with van der Waals surface area (Å²) in [6.45, 7) is 2.26. The van der Waals surface area contributed by atoms with Crippen LogP contribution in [0.25, 0.3) is 0 Å². The molecule has 0 atom stereocenters. The Balaban J connectivity index is 1.76. The van der Waals surface area contributed by atoms with Crippen LogP contribution in [0.3, 0.4) is 0 Å². The van der Waals surface area contributed by atoms with E-state index in [1.807, 2.05) is 44.4 Å². The van der Waals surface area contributed by atoms with E-state index < -0.39 is 0 Å². The zero-order valence-corrected chi connectivity index (χ0v) is 13.6. The summed E-state index contributed by atoms with van der Waals surface area (Å²) in [4.78, 5) is 22.4. The van der Waals surface area contributed by atoms with Gasteiger partial charge < -0.3 is 15.5 Å². The molecular formula is C17H23N5O. The number of hydrogen-bond donors (Lipinski definition) is 2. The Morgan fingerprint density at radius 3 is 2.52 bits per heavy atom. The van der Waals surface area contributed by atoms with Gasteiger partial charge in [-0.2, -0.15) is 0 Å². The number of likely N-dealkylation sites (N-methyl/N-ethyl adjacent to an activating group) is 1. The molecule has 2 N–H and O–H groups in total. The highest BCUT2D eigenvalue weighted by molar-refractivity contribution is 5.91. The standard InChI is InChI=1S/C17H23N5O/c1-22(2)11-10-18-16-13-20-15(12-21-16)17(23)19-9-8-14-6-4-3-5-7-14/h3-7,12-13H,8-11H2,1-2H3,(H,18,21)(H,19,23). The lowest BCUT2D eigenvalue weighted by atomic mass is 10.1. The number of carbonyl (C=O) groups is 1. The number of nitrogens with one attached hydrogen (secondary N) is 2. The van der Waals surface area contributed by atoms with Gasteiger partial charge in [-0.1, -0.05) is 30.3 Å². The smallest absolute Gasteiger partial charge is 0.271 e. The van der Waals surface area contributed by atoms with Crippen molar-refractivity contribution in [3.8, 4) is 0 Å². The van der Waals surface area contributed by atoms with Crippen LogP contribution in [0.4, 0.5) is 5.82 Å². The lowest BCUT2D eigenvalue weighted by Gasteiger charge is -2.10. The molecule has 0 saturated heterocycles. The van der Waals surface area contributed by atoms with Gasteiger partial charge in [0, 0.05) is 19.6 Å². The van der Waals surface area contributed by atoms with Gasteiger partial charge in [-0.25, -0.2) is 9.97 Å². The van der Waals surface area contributed by atoms with Crippen LogP contribution >= 0.6 is 0 Å². The molecule has 0 fully saturated rings. The highest BCUT2D eigenvalue weighted by atomic mass is 16.1. The Morgan fingerprint density at radius 2 is 1.87 bits per heavy atom. The van der Waals surface area contributed by atoms with E-state index in [-0.39, 0.29) is 5.91 Å². The van der Waals surface area contributed by atoms with Crippen LogP contribution in [-0.2, 0) is 6.42 Å². The molecule has 23 heavy (non-hydrogen) atoms. The molecule has 0 aliphatic carbocycles. The summed E-state index contributed by atoms with van der Waals surface area (Å²) in [6, 6.07) is 10.0. The molecule has 0 aliphatic rings. The third-order valence-electron chi connectivity index (χ3n) is 3.29. The van der Waals surface area contributed by atoms with E-state index >= 15 is 0 Å². The van der Waals surface area contributed by atoms with Crippen molar-refractivity contribution in [2.45, 2.75) is 6.42 Å². The first-order valence-corrected chi connectivity index (χ1v) is 7.68. The number of nitrogens with zero attached hydrogens (tertiary/aromatic N) is 3. The van der Waals surface area contributed by atoms with Crippen LogP contribution in [0.15, 0.2) is 42.7 Å². The largest absolute Gasteiger partial charge is 0.368 e. The van der Waals surface area contributed by atoms with Gasteiger partial charge in [0.05, 0.1) is 12.4 Å². The van der Waals surface area contributed by atoms with E-state index in [4.69, 9.17) is 0 Å². The van der Waals surface area contributed by atoms with Gasteiger partial charge in [-0.15, -0.1) is 0 Å². The lowest BCUT2D eigenvalue weighted by Crippen LogP contribution is -2.27. The number of benzene rings is 1. The summed E-state index contributed by atoms with van der Waals surface area (Å²) in [5, 5.41) is 6.02. The van der Waals surface area contributed by atoms with Gasteiger partial charge in [-0.3, -0.25) is 4.79 Å². The molecule has 6 nitrogen and oxygen atoms in total. The molecule has 2 aromatic rings. The predicted octanol–water partition coefficient (Wildman–Crippen LogP) is 1.42. The number of carbonyl (C=O) groups excluding carboxylic acids is 1. The van der Waals surface area contributed by atoms with Crippen LogP contribution in [0.2, 0.25) is 0 Å². The van der Waals surface area contributed by atoms with Crippen LogP contribution in [0.5, 0.6) is 0 Å². The molecule has 122 valence electrons. The van der Waals surface area contributed by atoms with E-state index in [9.17, 15) is 4.79 Å². The van der Waals surface area contributed by atoms with Gasteiger partial charge in [0.1, 0.15) is 11.5 Å². The van der Waals surface area contributed by atoms with Crippen molar-refractivity contribution in [3.05, 3.63) is 54.0 Å². The molecular weight excluding hydrogens is 290 g/mol. The number of anilines is 1. The van der Waals surface area contributed by atoms with E-state index in [2.05, 4.69) is 25.5 Å². The number of aromatic nitrogens is 2. The number of amides is 1. The van der Waals surface area contributed by atoms with Crippen LogP contribution in [0.1, 0.15) is 16.1 Å². The quantitative estimate of drug-likeness (QED) is 0.771. The van der Waals surface area contributed by atoms with Gasteiger partial charge in [0.2, 0.25) is 0 Å². The van der Waals surface area contributed by atoms with Crippen molar-refractivity contribution in [1.29, 1.82) is 0 Å². The fourth-order valence-corrected chi connectivity index (χ4v) is 2.00. The topological polar surface area (TPSA) is 70.2 Å². The van der Waals surface area contributed by atoms with Gasteiger partial charge in [0.15, 0.2) is 0 Å². The molecule has 0 unspecified atom stereocenters. The van der Waals surface area contributed by atoms with E-state index in [0.29, 0.717) is 18.1 Å². The second-order valence-corrected chi connectivity index (χ2v) is 5.51. The molecule has 0 aliphatic heterocycles. The minimum Gasteiger partial charge on any atom is -0.368 e. The van der Waals surface area contributed by atoms with Gasteiger partial charge in [-0.05, 0) is 26.1 Å². The van der Waals surface area contributed by atoms with Gasteiger partial charge >= 0.3 is 0 Å². The molecule has 6 heteroatoms. The van der Waals surface area contributed by atoms with E-state index in [1.165, 1.54) is 11.8 Å². The van der Waals surface area contributed by atoms with Crippen LogP contribution in [0, 0.1) is 0 Å². The third-order valence-corrected chi connectivity index (χ3v) is 3.29. The second-order valence-electron chi connectivity index (χ2n) is 5.51. The minimum absolute atomic E-state index is 0.201. The number of rotatable bonds is 8. The van der Waals surface area contributed by atoms with Crippen LogP contribution in [-0.4, -0.2) is 54.5 Å². The van der Waals surface area contributed by atoms with E-state index in [1.54, 1.807) is 6.20 Å². The molecule has 2 rings (SSSR count). The summed E-state index contributed by atoms with van der Waals surface area (Å²) >= 11 is 0. The van der Waals surface area contributed by atoms with Crippen molar-refractivity contribution >= 4 is 11.7 Å². The minimum atomic E-state index is -0.201. The summed E-state index contributed by atoms with van der Waals surface area (Å²) in [5.74, 6) is 0.473. The monoisotopic (exact) mass is 313 g/mol. The van der Waals surface area contributed by atoms with Gasteiger partial charge in [0.25, 0.3) is 5.91 Å². The predicted molar refractivity (Wildman–Crippen MR) is 91.6 cm³/mol. The Bertz CT molecular complexity index is 598. The Labute approximate surface area is 137 Å². The second kappa shape index (κ2) is 8.85. The maximum absolute atomic E-state index is 12.0. The number of hydrogen-bond acceptors (Lipinski definition) is 5. The summed E-state index contributed by atoms with van der Waals surface area (Å²) in [6.07, 6.45) is 3.88. The van der Waals surface area contributed by atoms with Crippen molar-refractivity contribution in [2.24, 2.45) is 0 Å². The fourth-order valence-electron chi connectivity index (χ4n) is 2.00. The molecule has 1 amide bonds. The van der Waals surface area contributed by atoms with Crippen molar-refractivity contribution in [1.82, 2.24) is 20.2 Å². The SMILES string of the molecule is CN(C)CCNc1cnc(C(=O)NCCc2ccccc2)cn1. The fraction of sp³-hybridized carbons (Fsp3) is 0.353. The summed E-state index contributed by atoms with van der Waals surface area (Å²) < 4.78 is 0. The molecule has 1 aromatic carbocycles. The summed E-state index contributed by atoms with van der Waals surface area (Å²) in [7, 11) is 4.02. The lowest BCUT2D eigenvalue weighted by molar-refractivity contribution is 0.0949. The van der Waals surface area contributed by atoms with Crippen molar-refractivity contribution in [2.75, 3.05) is 39.0 Å². The average Bonchev–Trinajstić information content (AvgIpc) is 2.56. The first-order valence-electron chi connectivity index (χ1n) is 7.68. The highest BCUT2D eigenvalue weighted by Gasteiger charge is 2.07. The zero-order chi connectivity index (χ0) is 16.5. The summed E-state index contributed by atoms with van der Waals surface area (Å²) in [5.41, 5.74) is 1.52. The third kappa shape index (κ3) is 6.04. The van der Waals surface area contributed by atoms with Crippen molar-refractivity contribution in [3.63, 3.8) is 0 Å². The first kappa shape index (κ1) is 16.9. The Hall–Kier alpha value is -2.47. The molecule has 0 saturated carbocycles. The average molecular weight is 313 g/mol. The maximum atomic E-state index is 12.0. The van der Waals surface area contributed by atoms with E-state index in [0.717, 1.165) is 19.5 Å².